The Bertz CT molecular complexity index is 471. The molecule has 112 valence electrons. The maximum Gasteiger partial charge on any atom is 0.308 e. The minimum absolute atomic E-state index is 0.169. The number of hydrogen-bond donors (Lipinski definition) is 2. The first-order valence-corrected chi connectivity index (χ1v) is 7.78. The summed E-state index contributed by atoms with van der Waals surface area (Å²) in [5.41, 5.74) is 0.721. The van der Waals surface area contributed by atoms with E-state index in [0.717, 1.165) is 30.0 Å². The molecule has 1 rings (SSSR count). The van der Waals surface area contributed by atoms with Crippen LogP contribution in [0.3, 0.4) is 0 Å². The number of carboxylic acid groups (broad SMARTS) is 1. The molecular formula is C14H22N2O3S. The molecule has 1 amide bonds. The number of aryl methyl sites for hydroxylation is 2. The molecule has 20 heavy (non-hydrogen) atoms. The van der Waals surface area contributed by atoms with E-state index in [0.29, 0.717) is 11.3 Å². The highest BCUT2D eigenvalue weighted by molar-refractivity contribution is 7.13. The standard InChI is InChI=1S/C14H22N2O3S/c1-4-6-10(14(18)19)8-15-13(17)12-9(3)16-11(20-12)7-5-2/h10H,4-8H2,1-3H3,(H,15,17)(H,18,19). The Morgan fingerprint density at radius 1 is 1.35 bits per heavy atom. The van der Waals surface area contributed by atoms with Gasteiger partial charge in [-0.25, -0.2) is 4.98 Å². The zero-order valence-corrected chi connectivity index (χ0v) is 13.0. The number of amides is 1. The zero-order chi connectivity index (χ0) is 15.1. The Balaban J connectivity index is 2.64. The van der Waals surface area contributed by atoms with Gasteiger partial charge in [0, 0.05) is 6.54 Å². The molecule has 0 aliphatic rings. The van der Waals surface area contributed by atoms with Crippen LogP contribution < -0.4 is 5.32 Å². The van der Waals surface area contributed by atoms with E-state index in [1.165, 1.54) is 11.3 Å². The van der Waals surface area contributed by atoms with Gasteiger partial charge >= 0.3 is 5.97 Å². The van der Waals surface area contributed by atoms with Gasteiger partial charge in [0.25, 0.3) is 5.91 Å². The van der Waals surface area contributed by atoms with E-state index in [9.17, 15) is 9.59 Å². The van der Waals surface area contributed by atoms with E-state index in [1.807, 2.05) is 13.8 Å². The number of nitrogens with one attached hydrogen (secondary N) is 1. The van der Waals surface area contributed by atoms with E-state index in [-0.39, 0.29) is 12.5 Å². The van der Waals surface area contributed by atoms with Gasteiger partial charge in [-0.1, -0.05) is 20.3 Å². The fraction of sp³-hybridized carbons (Fsp3) is 0.643. The molecule has 1 unspecified atom stereocenters. The molecule has 5 nitrogen and oxygen atoms in total. The maximum absolute atomic E-state index is 12.1. The summed E-state index contributed by atoms with van der Waals surface area (Å²) in [6.07, 6.45) is 3.21. The van der Waals surface area contributed by atoms with Gasteiger partial charge in [0.1, 0.15) is 4.88 Å². The van der Waals surface area contributed by atoms with Crippen LogP contribution in [0, 0.1) is 12.8 Å². The monoisotopic (exact) mass is 298 g/mol. The third kappa shape index (κ3) is 4.59. The minimum atomic E-state index is -0.861. The van der Waals surface area contributed by atoms with Gasteiger partial charge < -0.3 is 10.4 Å². The highest BCUT2D eigenvalue weighted by Gasteiger charge is 2.20. The first-order valence-electron chi connectivity index (χ1n) is 6.96. The largest absolute Gasteiger partial charge is 0.481 e. The molecule has 0 aliphatic carbocycles. The molecule has 0 fully saturated rings. The summed E-state index contributed by atoms with van der Waals surface area (Å²) in [6, 6.07) is 0. The van der Waals surface area contributed by atoms with Crippen molar-refractivity contribution in [1.82, 2.24) is 10.3 Å². The van der Waals surface area contributed by atoms with E-state index in [1.54, 1.807) is 0 Å². The molecular weight excluding hydrogens is 276 g/mol. The van der Waals surface area contributed by atoms with Crippen molar-refractivity contribution in [3.05, 3.63) is 15.6 Å². The van der Waals surface area contributed by atoms with E-state index in [2.05, 4.69) is 17.2 Å². The Hall–Kier alpha value is -1.43. The third-order valence-electron chi connectivity index (χ3n) is 3.01. The number of carbonyl (C=O) groups excluding carboxylic acids is 1. The Labute approximate surface area is 123 Å². The summed E-state index contributed by atoms with van der Waals surface area (Å²) < 4.78 is 0. The van der Waals surface area contributed by atoms with Crippen LogP contribution in [0.5, 0.6) is 0 Å². The van der Waals surface area contributed by atoms with Gasteiger partial charge in [-0.2, -0.15) is 0 Å². The molecule has 0 aromatic carbocycles. The van der Waals surface area contributed by atoms with Crippen LogP contribution in [-0.2, 0) is 11.2 Å². The van der Waals surface area contributed by atoms with Crippen LogP contribution >= 0.6 is 11.3 Å². The van der Waals surface area contributed by atoms with Crippen LogP contribution in [-0.4, -0.2) is 28.5 Å². The molecule has 1 aromatic heterocycles. The van der Waals surface area contributed by atoms with E-state index >= 15 is 0 Å². The van der Waals surface area contributed by atoms with Crippen molar-refractivity contribution in [2.75, 3.05) is 6.54 Å². The van der Waals surface area contributed by atoms with Crippen molar-refractivity contribution in [3.8, 4) is 0 Å². The SMILES string of the molecule is CCCc1nc(C)c(C(=O)NCC(CCC)C(=O)O)s1. The second-order valence-corrected chi connectivity index (χ2v) is 5.89. The van der Waals surface area contributed by atoms with E-state index in [4.69, 9.17) is 5.11 Å². The lowest BCUT2D eigenvalue weighted by Gasteiger charge is -2.11. The van der Waals surface area contributed by atoms with Crippen molar-refractivity contribution in [2.24, 2.45) is 5.92 Å². The second kappa shape index (κ2) is 7.99. The molecule has 0 saturated heterocycles. The number of hydrogen-bond acceptors (Lipinski definition) is 4. The quantitative estimate of drug-likeness (QED) is 0.773. The van der Waals surface area contributed by atoms with Gasteiger partial charge in [-0.15, -0.1) is 11.3 Å². The van der Waals surface area contributed by atoms with Crippen LogP contribution in [0.2, 0.25) is 0 Å². The number of aromatic nitrogens is 1. The summed E-state index contributed by atoms with van der Waals surface area (Å²) >= 11 is 1.40. The van der Waals surface area contributed by atoms with E-state index < -0.39 is 11.9 Å². The molecule has 0 saturated carbocycles. The Morgan fingerprint density at radius 3 is 2.60 bits per heavy atom. The highest BCUT2D eigenvalue weighted by atomic mass is 32.1. The average Bonchev–Trinajstić information content (AvgIpc) is 2.75. The van der Waals surface area contributed by atoms with Crippen LogP contribution in [0.1, 0.15) is 53.5 Å². The fourth-order valence-corrected chi connectivity index (χ4v) is 3.02. The lowest BCUT2D eigenvalue weighted by molar-refractivity contribution is -0.141. The van der Waals surface area contributed by atoms with Crippen molar-refractivity contribution < 1.29 is 14.7 Å². The van der Waals surface area contributed by atoms with Crippen molar-refractivity contribution in [1.29, 1.82) is 0 Å². The molecule has 0 radical (unpaired) electrons. The third-order valence-corrected chi connectivity index (χ3v) is 4.22. The van der Waals surface area contributed by atoms with Gasteiger partial charge in [-0.3, -0.25) is 9.59 Å². The molecule has 0 aliphatic heterocycles. The second-order valence-electron chi connectivity index (χ2n) is 4.81. The van der Waals surface area contributed by atoms with Crippen molar-refractivity contribution in [3.63, 3.8) is 0 Å². The molecule has 1 aromatic rings. The Kier molecular flexibility index (Phi) is 6.64. The predicted molar refractivity (Wildman–Crippen MR) is 79.2 cm³/mol. The summed E-state index contributed by atoms with van der Waals surface area (Å²) in [7, 11) is 0. The topological polar surface area (TPSA) is 79.3 Å². The number of carboxylic acids is 1. The lowest BCUT2D eigenvalue weighted by atomic mass is 10.0. The van der Waals surface area contributed by atoms with Crippen LogP contribution in [0.4, 0.5) is 0 Å². The average molecular weight is 298 g/mol. The smallest absolute Gasteiger partial charge is 0.308 e. The molecule has 0 bridgehead atoms. The van der Waals surface area contributed by atoms with Gasteiger partial charge in [-0.05, 0) is 26.2 Å². The first kappa shape index (κ1) is 16.6. The molecule has 2 N–H and O–H groups in total. The van der Waals surface area contributed by atoms with Gasteiger partial charge in [0.05, 0.1) is 16.6 Å². The first-order chi connectivity index (χ1) is 9.49. The Morgan fingerprint density at radius 2 is 2.05 bits per heavy atom. The number of carbonyl (C=O) groups is 2. The van der Waals surface area contributed by atoms with Crippen molar-refractivity contribution >= 4 is 23.2 Å². The summed E-state index contributed by atoms with van der Waals surface area (Å²) in [5.74, 6) is -1.60. The van der Waals surface area contributed by atoms with Crippen LogP contribution in [0.25, 0.3) is 0 Å². The molecule has 1 heterocycles. The number of aliphatic carboxylic acids is 1. The lowest BCUT2D eigenvalue weighted by Crippen LogP contribution is -2.32. The molecule has 1 atom stereocenters. The summed E-state index contributed by atoms with van der Waals surface area (Å²) in [5, 5.41) is 12.7. The zero-order valence-electron chi connectivity index (χ0n) is 12.2. The number of thiazole rings is 1. The molecule has 0 spiro atoms. The normalized spacial score (nSPS) is 12.2. The fourth-order valence-electron chi connectivity index (χ4n) is 1.94. The highest BCUT2D eigenvalue weighted by Crippen LogP contribution is 2.19. The summed E-state index contributed by atoms with van der Waals surface area (Å²) in [4.78, 5) is 28.1. The maximum atomic E-state index is 12.1. The van der Waals surface area contributed by atoms with Crippen molar-refractivity contribution in [2.45, 2.75) is 46.5 Å². The van der Waals surface area contributed by atoms with Gasteiger partial charge in [0.15, 0.2) is 0 Å². The number of rotatable bonds is 8. The van der Waals surface area contributed by atoms with Gasteiger partial charge in [0.2, 0.25) is 0 Å². The predicted octanol–water partition coefficient (Wildman–Crippen LogP) is 2.63. The molecule has 6 heteroatoms. The minimum Gasteiger partial charge on any atom is -0.481 e. The van der Waals surface area contributed by atoms with Crippen LogP contribution in [0.15, 0.2) is 0 Å². The summed E-state index contributed by atoms with van der Waals surface area (Å²) in [6.45, 7) is 5.98. The number of nitrogens with zero attached hydrogens (tertiary/aromatic N) is 1.